The Balaban J connectivity index is 2.57. The summed E-state index contributed by atoms with van der Waals surface area (Å²) in [7, 11) is 6.09. The molecule has 1 heterocycles. The molecule has 4 heteroatoms. The molecule has 1 aliphatic heterocycles. The highest BCUT2D eigenvalue weighted by atomic mass is 15.2. The van der Waals surface area contributed by atoms with Crippen LogP contribution in [0.25, 0.3) is 0 Å². The lowest BCUT2D eigenvalue weighted by Crippen LogP contribution is -2.54. The third-order valence-electron chi connectivity index (χ3n) is 2.46. The van der Waals surface area contributed by atoms with Crippen molar-refractivity contribution < 1.29 is 0 Å². The van der Waals surface area contributed by atoms with E-state index in [0.717, 1.165) is 18.7 Å². The number of likely N-dealkylation sites (N-methyl/N-ethyl adjacent to an activating group) is 1. The number of hydrogen-bond donors (Lipinski definition) is 3. The minimum atomic E-state index is -0.146. The van der Waals surface area contributed by atoms with Crippen LogP contribution in [0.2, 0.25) is 0 Å². The van der Waals surface area contributed by atoms with Crippen molar-refractivity contribution in [3.05, 3.63) is 24.0 Å². The van der Waals surface area contributed by atoms with Gasteiger partial charge in [-0.1, -0.05) is 0 Å². The number of rotatable bonds is 4. The van der Waals surface area contributed by atoms with Gasteiger partial charge in [0.05, 0.1) is 0 Å². The fourth-order valence-corrected chi connectivity index (χ4v) is 1.38. The van der Waals surface area contributed by atoms with Crippen LogP contribution in [0.1, 0.15) is 6.42 Å². The fraction of sp³-hybridized carbons (Fsp3) is 0.600. The van der Waals surface area contributed by atoms with E-state index >= 15 is 0 Å². The number of nitrogens with two attached hydrogens (primary N) is 1. The van der Waals surface area contributed by atoms with Crippen LogP contribution in [0, 0.1) is 0 Å². The van der Waals surface area contributed by atoms with Gasteiger partial charge in [0.1, 0.15) is 5.66 Å². The molecule has 4 nitrogen and oxygen atoms in total. The normalized spacial score (nSPS) is 26.1. The van der Waals surface area contributed by atoms with Crippen LogP contribution < -0.4 is 16.4 Å². The molecular formula is C10H20N4. The van der Waals surface area contributed by atoms with Crippen molar-refractivity contribution in [1.82, 2.24) is 15.5 Å². The Kier molecular flexibility index (Phi) is 3.55. The SMILES string of the molecule is CNC1(CCN(C)C)C=CC(N)=CN1. The Hall–Kier alpha value is -1.00. The zero-order valence-electron chi connectivity index (χ0n) is 9.17. The maximum Gasteiger partial charge on any atom is 0.108 e. The first-order valence-corrected chi connectivity index (χ1v) is 4.84. The van der Waals surface area contributed by atoms with Crippen LogP contribution in [0.3, 0.4) is 0 Å². The van der Waals surface area contributed by atoms with Gasteiger partial charge in [-0.3, -0.25) is 5.32 Å². The van der Waals surface area contributed by atoms with Gasteiger partial charge in [0.25, 0.3) is 0 Å². The molecule has 0 aromatic heterocycles. The number of nitrogens with one attached hydrogen (secondary N) is 2. The molecule has 80 valence electrons. The quantitative estimate of drug-likeness (QED) is 0.583. The first kappa shape index (κ1) is 11.1. The van der Waals surface area contributed by atoms with Gasteiger partial charge in [-0.15, -0.1) is 0 Å². The van der Waals surface area contributed by atoms with Crippen molar-refractivity contribution in [2.24, 2.45) is 5.73 Å². The second kappa shape index (κ2) is 4.48. The van der Waals surface area contributed by atoms with Crippen LogP contribution >= 0.6 is 0 Å². The van der Waals surface area contributed by atoms with E-state index in [0.29, 0.717) is 0 Å². The molecule has 4 N–H and O–H groups in total. The summed E-state index contributed by atoms with van der Waals surface area (Å²) in [5.74, 6) is 0. The predicted molar refractivity (Wildman–Crippen MR) is 59.5 cm³/mol. The molecule has 0 radical (unpaired) electrons. The average Bonchev–Trinajstić information content (AvgIpc) is 2.18. The standard InChI is InChI=1S/C10H20N4/c1-12-10(6-7-14(2)3)5-4-9(11)8-13-10/h4-5,8,12-13H,6-7,11H2,1-3H3. The number of dihydropyridines is 1. The molecule has 0 saturated carbocycles. The predicted octanol–water partition coefficient (Wildman–Crippen LogP) is -0.187. The second-order valence-corrected chi connectivity index (χ2v) is 3.90. The summed E-state index contributed by atoms with van der Waals surface area (Å²) in [4.78, 5) is 2.16. The summed E-state index contributed by atoms with van der Waals surface area (Å²) >= 11 is 0. The van der Waals surface area contributed by atoms with Crippen LogP contribution in [0.15, 0.2) is 24.0 Å². The third-order valence-corrected chi connectivity index (χ3v) is 2.46. The molecule has 14 heavy (non-hydrogen) atoms. The zero-order chi connectivity index (χ0) is 10.6. The summed E-state index contributed by atoms with van der Waals surface area (Å²) in [6.07, 6.45) is 6.84. The van der Waals surface area contributed by atoms with Gasteiger partial charge >= 0.3 is 0 Å². The van der Waals surface area contributed by atoms with Gasteiger partial charge in [0.15, 0.2) is 0 Å². The summed E-state index contributed by atoms with van der Waals surface area (Å²) < 4.78 is 0. The number of nitrogens with zero attached hydrogens (tertiary/aromatic N) is 1. The van der Waals surface area contributed by atoms with Crippen molar-refractivity contribution in [1.29, 1.82) is 0 Å². The van der Waals surface area contributed by atoms with E-state index in [1.165, 1.54) is 0 Å². The summed E-state index contributed by atoms with van der Waals surface area (Å²) in [6.45, 7) is 1.02. The van der Waals surface area contributed by atoms with Crippen LogP contribution in [0.4, 0.5) is 0 Å². The van der Waals surface area contributed by atoms with Gasteiger partial charge in [-0.2, -0.15) is 0 Å². The van der Waals surface area contributed by atoms with Gasteiger partial charge in [0.2, 0.25) is 0 Å². The first-order valence-electron chi connectivity index (χ1n) is 4.84. The van der Waals surface area contributed by atoms with Crippen molar-refractivity contribution in [2.75, 3.05) is 27.7 Å². The molecule has 1 aliphatic rings. The first-order chi connectivity index (χ1) is 6.58. The molecule has 1 unspecified atom stereocenters. The zero-order valence-corrected chi connectivity index (χ0v) is 9.17. The molecule has 0 bridgehead atoms. The minimum Gasteiger partial charge on any atom is -0.398 e. The van der Waals surface area contributed by atoms with Gasteiger partial charge in [-0.25, -0.2) is 0 Å². The van der Waals surface area contributed by atoms with Crippen molar-refractivity contribution in [3.63, 3.8) is 0 Å². The molecule has 0 saturated heterocycles. The Bertz CT molecular complexity index is 245. The van der Waals surface area contributed by atoms with E-state index in [1.54, 1.807) is 0 Å². The molecule has 0 aliphatic carbocycles. The van der Waals surface area contributed by atoms with Crippen LogP contribution in [-0.4, -0.2) is 38.3 Å². The monoisotopic (exact) mass is 196 g/mol. The average molecular weight is 196 g/mol. The molecular weight excluding hydrogens is 176 g/mol. The van der Waals surface area contributed by atoms with E-state index < -0.39 is 0 Å². The lowest BCUT2D eigenvalue weighted by molar-refractivity contribution is 0.295. The Morgan fingerprint density at radius 1 is 1.57 bits per heavy atom. The van der Waals surface area contributed by atoms with Crippen molar-refractivity contribution >= 4 is 0 Å². The number of hydrogen-bond acceptors (Lipinski definition) is 4. The Morgan fingerprint density at radius 2 is 2.29 bits per heavy atom. The molecule has 0 spiro atoms. The highest BCUT2D eigenvalue weighted by Crippen LogP contribution is 2.13. The Labute approximate surface area is 85.8 Å². The number of allylic oxidation sites excluding steroid dienone is 1. The van der Waals surface area contributed by atoms with E-state index in [-0.39, 0.29) is 5.66 Å². The molecule has 1 atom stereocenters. The lowest BCUT2D eigenvalue weighted by Gasteiger charge is -2.34. The van der Waals surface area contributed by atoms with E-state index in [4.69, 9.17) is 5.73 Å². The third kappa shape index (κ3) is 2.75. The highest BCUT2D eigenvalue weighted by molar-refractivity contribution is 5.25. The molecule has 0 aromatic carbocycles. The molecule has 0 aromatic rings. The maximum absolute atomic E-state index is 5.64. The topological polar surface area (TPSA) is 53.3 Å². The molecule has 0 fully saturated rings. The smallest absolute Gasteiger partial charge is 0.108 e. The fourth-order valence-electron chi connectivity index (χ4n) is 1.38. The molecule has 1 rings (SSSR count). The van der Waals surface area contributed by atoms with Crippen LogP contribution in [0.5, 0.6) is 0 Å². The summed E-state index contributed by atoms with van der Waals surface area (Å²) in [5, 5.41) is 6.54. The largest absolute Gasteiger partial charge is 0.398 e. The van der Waals surface area contributed by atoms with Gasteiger partial charge < -0.3 is 16.0 Å². The summed E-state index contributed by atoms with van der Waals surface area (Å²) in [5.41, 5.74) is 6.26. The Morgan fingerprint density at radius 3 is 2.71 bits per heavy atom. The van der Waals surface area contributed by atoms with Gasteiger partial charge in [-0.05, 0) is 33.3 Å². The molecule has 0 amide bonds. The van der Waals surface area contributed by atoms with Crippen molar-refractivity contribution in [2.45, 2.75) is 12.1 Å². The van der Waals surface area contributed by atoms with E-state index in [1.807, 2.05) is 19.3 Å². The highest BCUT2D eigenvalue weighted by Gasteiger charge is 2.24. The minimum absolute atomic E-state index is 0.146. The van der Waals surface area contributed by atoms with E-state index in [2.05, 4.69) is 35.7 Å². The van der Waals surface area contributed by atoms with Crippen molar-refractivity contribution in [3.8, 4) is 0 Å². The lowest BCUT2D eigenvalue weighted by atomic mass is 10.0. The maximum atomic E-state index is 5.64. The van der Waals surface area contributed by atoms with Crippen LogP contribution in [-0.2, 0) is 0 Å². The summed E-state index contributed by atoms with van der Waals surface area (Å²) in [6, 6.07) is 0. The second-order valence-electron chi connectivity index (χ2n) is 3.90. The van der Waals surface area contributed by atoms with E-state index in [9.17, 15) is 0 Å². The van der Waals surface area contributed by atoms with Gasteiger partial charge in [0, 0.05) is 24.9 Å².